The highest BCUT2D eigenvalue weighted by atomic mass is 19.2. The third-order valence-corrected chi connectivity index (χ3v) is 1.97. The van der Waals surface area contributed by atoms with Crippen LogP contribution in [0.3, 0.4) is 0 Å². The van der Waals surface area contributed by atoms with Gasteiger partial charge in [0.1, 0.15) is 0 Å². The van der Waals surface area contributed by atoms with Crippen molar-refractivity contribution >= 4 is 0 Å². The van der Waals surface area contributed by atoms with Crippen LogP contribution in [-0.2, 0) is 0 Å². The summed E-state index contributed by atoms with van der Waals surface area (Å²) < 4.78 is 68.5. The van der Waals surface area contributed by atoms with E-state index in [0.29, 0.717) is 6.42 Å². The van der Waals surface area contributed by atoms with E-state index in [9.17, 15) is 22.0 Å². The molecule has 1 rings (SSSR count). The summed E-state index contributed by atoms with van der Waals surface area (Å²) in [6, 6.07) is 0. The fraction of sp³-hybridized carbons (Fsp3) is 0.400. The number of halogens is 5. The molecule has 0 bridgehead atoms. The van der Waals surface area contributed by atoms with Crippen LogP contribution < -0.4 is 4.74 Å². The lowest BCUT2D eigenvalue weighted by molar-refractivity contribution is 0.233. The molecule has 96 valence electrons. The van der Waals surface area contributed by atoms with Gasteiger partial charge in [0.05, 0.1) is 6.61 Å². The third kappa shape index (κ3) is 2.85. The molecule has 1 aromatic rings. The predicted molar refractivity (Wildman–Crippen MR) is 48.0 cm³/mol. The Morgan fingerprint density at radius 2 is 1.24 bits per heavy atom. The molecule has 0 amide bonds. The van der Waals surface area contributed by atoms with E-state index in [1.54, 1.807) is 0 Å². The second kappa shape index (κ2) is 5.81. The molecule has 0 saturated heterocycles. The normalized spacial score (nSPS) is 10.7. The molecule has 0 aliphatic carbocycles. The minimum atomic E-state index is -2.22. The van der Waals surface area contributed by atoms with E-state index in [0.717, 1.165) is 0 Å². The third-order valence-electron chi connectivity index (χ3n) is 1.97. The quantitative estimate of drug-likeness (QED) is 0.379. The molecule has 0 spiro atoms. The molecule has 1 aromatic carbocycles. The first kappa shape index (κ1) is 13.7. The van der Waals surface area contributed by atoms with E-state index < -0.39 is 34.8 Å². The lowest BCUT2D eigenvalue weighted by Crippen LogP contribution is -2.08. The van der Waals surface area contributed by atoms with Crippen LogP contribution in [0, 0.1) is 29.1 Å². The van der Waals surface area contributed by atoms with E-state index in [-0.39, 0.29) is 19.6 Å². The maximum Gasteiger partial charge on any atom is 0.206 e. The second-order valence-electron chi connectivity index (χ2n) is 3.18. The van der Waals surface area contributed by atoms with Crippen molar-refractivity contribution in [3.63, 3.8) is 0 Å². The Morgan fingerprint density at radius 1 is 0.765 bits per heavy atom. The number of ether oxygens (including phenoxy) is 1. The summed E-state index contributed by atoms with van der Waals surface area (Å²) in [4.78, 5) is 0. The summed E-state index contributed by atoms with van der Waals surface area (Å²) in [7, 11) is 0. The maximum absolute atomic E-state index is 13.0. The van der Waals surface area contributed by atoms with Gasteiger partial charge in [0.15, 0.2) is 5.75 Å². The monoisotopic (exact) mass is 256 g/mol. The molecule has 0 radical (unpaired) electrons. The number of aliphatic hydroxyl groups is 1. The van der Waals surface area contributed by atoms with Crippen LogP contribution in [0.15, 0.2) is 0 Å². The maximum atomic E-state index is 13.0. The van der Waals surface area contributed by atoms with E-state index in [4.69, 9.17) is 5.11 Å². The molecule has 2 nitrogen and oxygen atoms in total. The number of hydrogen-bond donors (Lipinski definition) is 1. The Morgan fingerprint density at radius 3 is 1.71 bits per heavy atom. The van der Waals surface area contributed by atoms with Gasteiger partial charge in [0.2, 0.25) is 29.1 Å². The van der Waals surface area contributed by atoms with Gasteiger partial charge in [-0.1, -0.05) is 0 Å². The summed E-state index contributed by atoms with van der Waals surface area (Å²) in [5, 5.41) is 8.42. The van der Waals surface area contributed by atoms with Crippen molar-refractivity contribution in [2.24, 2.45) is 0 Å². The predicted octanol–water partition coefficient (Wildman–Crippen LogP) is 2.53. The van der Waals surface area contributed by atoms with Gasteiger partial charge in [-0.25, -0.2) is 13.2 Å². The van der Waals surface area contributed by atoms with Gasteiger partial charge in [-0.3, -0.25) is 0 Å². The molecule has 0 aromatic heterocycles. The Hall–Kier alpha value is -1.37. The fourth-order valence-corrected chi connectivity index (χ4v) is 1.10. The van der Waals surface area contributed by atoms with Gasteiger partial charge >= 0.3 is 0 Å². The number of unbranched alkanes of at least 4 members (excludes halogenated alkanes) is 1. The van der Waals surface area contributed by atoms with E-state index in [2.05, 4.69) is 4.74 Å². The fourth-order valence-electron chi connectivity index (χ4n) is 1.10. The zero-order valence-electron chi connectivity index (χ0n) is 8.57. The summed E-state index contributed by atoms with van der Waals surface area (Å²) in [5.41, 5.74) is 0. The van der Waals surface area contributed by atoms with Crippen LogP contribution in [0.4, 0.5) is 22.0 Å². The van der Waals surface area contributed by atoms with Crippen LogP contribution >= 0.6 is 0 Å². The highest BCUT2D eigenvalue weighted by Crippen LogP contribution is 2.29. The minimum absolute atomic E-state index is 0.152. The topological polar surface area (TPSA) is 29.5 Å². The molecule has 0 atom stereocenters. The van der Waals surface area contributed by atoms with Gasteiger partial charge in [-0.2, -0.15) is 8.78 Å². The van der Waals surface area contributed by atoms with Crippen molar-refractivity contribution in [1.82, 2.24) is 0 Å². The van der Waals surface area contributed by atoms with Gasteiger partial charge < -0.3 is 9.84 Å². The lowest BCUT2D eigenvalue weighted by atomic mass is 10.2. The summed E-state index contributed by atoms with van der Waals surface area (Å²) in [5.74, 6) is -11.6. The summed E-state index contributed by atoms with van der Waals surface area (Å²) >= 11 is 0. The zero-order chi connectivity index (χ0) is 13.0. The number of benzene rings is 1. The molecular formula is C10H9F5O2. The highest BCUT2D eigenvalue weighted by Gasteiger charge is 2.26. The molecular weight excluding hydrogens is 247 g/mol. The number of rotatable bonds is 5. The average molecular weight is 256 g/mol. The smallest absolute Gasteiger partial charge is 0.206 e. The van der Waals surface area contributed by atoms with Crippen molar-refractivity contribution in [3.8, 4) is 5.75 Å². The molecule has 0 heterocycles. The summed E-state index contributed by atoms with van der Waals surface area (Å²) in [6.07, 6.45) is 0.533. The minimum Gasteiger partial charge on any atom is -0.487 e. The van der Waals surface area contributed by atoms with Crippen molar-refractivity contribution in [2.45, 2.75) is 12.8 Å². The second-order valence-corrected chi connectivity index (χ2v) is 3.18. The molecule has 0 fully saturated rings. The van der Waals surface area contributed by atoms with E-state index in [1.807, 2.05) is 0 Å². The standard InChI is InChI=1S/C10H9F5O2/c11-5-6(12)8(14)10(9(15)7(5)13)17-4-2-1-3-16/h16H,1-4H2. The molecule has 0 aliphatic heterocycles. The van der Waals surface area contributed by atoms with Gasteiger partial charge in [0.25, 0.3) is 0 Å². The Labute approximate surface area is 93.6 Å². The van der Waals surface area contributed by atoms with Crippen molar-refractivity contribution < 1.29 is 31.8 Å². The van der Waals surface area contributed by atoms with Crippen LogP contribution in [0.2, 0.25) is 0 Å². The van der Waals surface area contributed by atoms with Gasteiger partial charge in [-0.15, -0.1) is 0 Å². The Balaban J connectivity index is 2.92. The summed E-state index contributed by atoms with van der Waals surface area (Å²) in [6.45, 7) is -0.403. The largest absolute Gasteiger partial charge is 0.487 e. The lowest BCUT2D eigenvalue weighted by Gasteiger charge is -2.09. The van der Waals surface area contributed by atoms with Crippen LogP contribution in [-0.4, -0.2) is 18.3 Å². The first-order chi connectivity index (χ1) is 8.00. The van der Waals surface area contributed by atoms with Gasteiger partial charge in [-0.05, 0) is 12.8 Å². The first-order valence-electron chi connectivity index (χ1n) is 4.75. The molecule has 7 heteroatoms. The SMILES string of the molecule is OCCCCOc1c(F)c(F)c(F)c(F)c1F. The van der Waals surface area contributed by atoms with Crippen molar-refractivity contribution in [2.75, 3.05) is 13.2 Å². The van der Waals surface area contributed by atoms with Gasteiger partial charge in [0, 0.05) is 6.61 Å². The average Bonchev–Trinajstić information content (AvgIpc) is 2.33. The van der Waals surface area contributed by atoms with Crippen LogP contribution in [0.25, 0.3) is 0 Å². The van der Waals surface area contributed by atoms with Crippen LogP contribution in [0.5, 0.6) is 5.75 Å². The molecule has 17 heavy (non-hydrogen) atoms. The van der Waals surface area contributed by atoms with E-state index in [1.165, 1.54) is 0 Å². The molecule has 0 aliphatic rings. The number of aliphatic hydroxyl groups excluding tert-OH is 1. The van der Waals surface area contributed by atoms with Crippen LogP contribution in [0.1, 0.15) is 12.8 Å². The molecule has 0 unspecified atom stereocenters. The van der Waals surface area contributed by atoms with Crippen molar-refractivity contribution in [3.05, 3.63) is 29.1 Å². The Bertz CT molecular complexity index is 379. The molecule has 0 saturated carbocycles. The zero-order valence-corrected chi connectivity index (χ0v) is 8.57. The van der Waals surface area contributed by atoms with E-state index >= 15 is 0 Å². The first-order valence-corrected chi connectivity index (χ1v) is 4.75. The highest BCUT2D eigenvalue weighted by molar-refractivity contribution is 5.29. The van der Waals surface area contributed by atoms with Crippen molar-refractivity contribution in [1.29, 1.82) is 0 Å². The molecule has 1 N–H and O–H groups in total. The number of hydrogen-bond acceptors (Lipinski definition) is 2. The Kier molecular flexibility index (Phi) is 4.68.